The fourth-order valence-electron chi connectivity index (χ4n) is 5.53. The van der Waals surface area contributed by atoms with E-state index in [0.717, 1.165) is 32.2 Å². The number of carbonyl (C=O) groups is 3. The summed E-state index contributed by atoms with van der Waals surface area (Å²) in [5.74, 6) is 0.790. The number of ketones is 1. The average molecular weight is 449 g/mol. The Hall–Kier alpha value is -2.69. The van der Waals surface area contributed by atoms with Crippen molar-refractivity contribution in [2.75, 3.05) is 13.1 Å². The molecule has 176 valence electrons. The largest absolute Gasteiger partial charge is 0.350 e. The molecule has 0 aliphatic carbocycles. The Bertz CT molecular complexity index is 1030. The van der Waals surface area contributed by atoms with Crippen molar-refractivity contribution in [1.29, 1.82) is 0 Å². The molecule has 2 amide bonds. The van der Waals surface area contributed by atoms with Gasteiger partial charge in [-0.3, -0.25) is 14.4 Å². The fraction of sp³-hybridized carbons (Fsp3) is 0.536. The van der Waals surface area contributed by atoms with E-state index in [4.69, 9.17) is 0 Å². The van der Waals surface area contributed by atoms with Crippen molar-refractivity contribution in [2.45, 2.75) is 70.8 Å². The molecule has 1 N–H and O–H groups in total. The van der Waals surface area contributed by atoms with Crippen LogP contribution in [0.4, 0.5) is 0 Å². The number of amides is 2. The predicted molar refractivity (Wildman–Crippen MR) is 131 cm³/mol. The number of nitrogens with one attached hydrogen (secondary N) is 1. The summed E-state index contributed by atoms with van der Waals surface area (Å²) in [6.45, 7) is 5.41. The van der Waals surface area contributed by atoms with Crippen molar-refractivity contribution >= 4 is 28.4 Å². The first kappa shape index (κ1) is 23.5. The van der Waals surface area contributed by atoms with Gasteiger partial charge in [0.2, 0.25) is 11.8 Å². The molecular formula is C28H36N2O3. The summed E-state index contributed by atoms with van der Waals surface area (Å²) in [6, 6.07) is 14.6. The number of carbonyl (C=O) groups excluding carboxylic acids is 3. The van der Waals surface area contributed by atoms with Crippen molar-refractivity contribution < 1.29 is 14.4 Å². The summed E-state index contributed by atoms with van der Waals surface area (Å²) in [6.07, 6.45) is 5.37. The van der Waals surface area contributed by atoms with Crippen LogP contribution in [0.1, 0.15) is 64.4 Å². The van der Waals surface area contributed by atoms with Crippen LogP contribution in [0.2, 0.25) is 0 Å². The third-order valence-electron chi connectivity index (χ3n) is 7.30. The number of hydrogen-bond acceptors (Lipinski definition) is 3. The Morgan fingerprint density at radius 3 is 2.70 bits per heavy atom. The van der Waals surface area contributed by atoms with Crippen LogP contribution < -0.4 is 5.32 Å². The molecule has 0 spiro atoms. The van der Waals surface area contributed by atoms with Crippen LogP contribution >= 0.6 is 0 Å². The van der Waals surface area contributed by atoms with Gasteiger partial charge in [0.15, 0.2) is 0 Å². The summed E-state index contributed by atoms with van der Waals surface area (Å²) in [5, 5.41) is 5.62. The minimum absolute atomic E-state index is 0.0269. The second kappa shape index (κ2) is 10.1. The van der Waals surface area contributed by atoms with Gasteiger partial charge in [-0.2, -0.15) is 0 Å². The normalized spacial score (nSPS) is 23.2. The van der Waals surface area contributed by atoms with Gasteiger partial charge in [0.1, 0.15) is 5.78 Å². The number of nitrogens with zero attached hydrogens (tertiary/aromatic N) is 1. The van der Waals surface area contributed by atoms with Crippen LogP contribution in [0.3, 0.4) is 0 Å². The first-order valence-corrected chi connectivity index (χ1v) is 12.4. The van der Waals surface area contributed by atoms with Crippen molar-refractivity contribution in [3.8, 4) is 0 Å². The summed E-state index contributed by atoms with van der Waals surface area (Å²) in [4.78, 5) is 39.8. The standard InChI is InChI=1S/C28H36N2O3/c1-20(2)17-25(31)23-10-6-16-30(19-23)27(33)13-15-28(14-12-26(32)29-28)18-22-9-5-8-21-7-3-4-11-24(21)22/h3-5,7-9,11,20,23H,6,10,12-19H2,1-2H3,(H,29,32)/t23-,28-/m0/s1. The van der Waals surface area contributed by atoms with Gasteiger partial charge in [-0.05, 0) is 54.4 Å². The molecule has 0 bridgehead atoms. The Kier molecular flexibility index (Phi) is 7.16. The minimum atomic E-state index is -0.389. The molecule has 2 saturated heterocycles. The molecule has 2 heterocycles. The second-order valence-electron chi connectivity index (χ2n) is 10.4. The summed E-state index contributed by atoms with van der Waals surface area (Å²) in [7, 11) is 0. The molecule has 2 aromatic carbocycles. The number of fused-ring (bicyclic) bond motifs is 1. The maximum atomic E-state index is 13.1. The Labute approximate surface area is 196 Å². The highest BCUT2D eigenvalue weighted by Gasteiger charge is 2.39. The first-order valence-electron chi connectivity index (χ1n) is 12.4. The molecule has 2 fully saturated rings. The molecule has 0 unspecified atom stereocenters. The SMILES string of the molecule is CC(C)CC(=O)[C@H]1CCCN(C(=O)CC[C@]2(Cc3cccc4ccccc34)CCC(=O)N2)C1. The lowest BCUT2D eigenvalue weighted by Gasteiger charge is -2.34. The molecule has 5 nitrogen and oxygen atoms in total. The van der Waals surface area contributed by atoms with Crippen LogP contribution in [-0.2, 0) is 20.8 Å². The van der Waals surface area contributed by atoms with Crippen molar-refractivity contribution in [2.24, 2.45) is 11.8 Å². The molecule has 0 aromatic heterocycles. The Morgan fingerprint density at radius 1 is 1.15 bits per heavy atom. The van der Waals surface area contributed by atoms with Crippen molar-refractivity contribution in [3.63, 3.8) is 0 Å². The third kappa shape index (κ3) is 5.63. The second-order valence-corrected chi connectivity index (χ2v) is 10.4. The molecule has 0 radical (unpaired) electrons. The smallest absolute Gasteiger partial charge is 0.222 e. The van der Waals surface area contributed by atoms with Gasteiger partial charge in [-0.15, -0.1) is 0 Å². The van der Waals surface area contributed by atoms with Gasteiger partial charge in [0, 0.05) is 43.8 Å². The first-order chi connectivity index (χ1) is 15.8. The highest BCUT2D eigenvalue weighted by Crippen LogP contribution is 2.33. The van der Waals surface area contributed by atoms with Gasteiger partial charge < -0.3 is 10.2 Å². The van der Waals surface area contributed by atoms with E-state index < -0.39 is 0 Å². The van der Waals surface area contributed by atoms with Crippen LogP contribution in [0.15, 0.2) is 42.5 Å². The van der Waals surface area contributed by atoms with E-state index in [1.165, 1.54) is 16.3 Å². The Balaban J connectivity index is 1.43. The van der Waals surface area contributed by atoms with Crippen LogP contribution in [0, 0.1) is 11.8 Å². The highest BCUT2D eigenvalue weighted by molar-refractivity contribution is 5.86. The summed E-state index contributed by atoms with van der Waals surface area (Å²) in [5.41, 5.74) is 0.819. The van der Waals surface area contributed by atoms with Gasteiger partial charge in [0.25, 0.3) is 0 Å². The van der Waals surface area contributed by atoms with E-state index in [1.54, 1.807) is 0 Å². The molecule has 2 atom stereocenters. The number of rotatable bonds is 8. The zero-order chi connectivity index (χ0) is 23.4. The number of benzene rings is 2. The number of Topliss-reactive ketones (excluding diaryl/α,β-unsaturated/α-hetero) is 1. The van der Waals surface area contributed by atoms with Gasteiger partial charge in [-0.25, -0.2) is 0 Å². The molecule has 2 aromatic rings. The lowest BCUT2D eigenvalue weighted by Crippen LogP contribution is -2.46. The maximum Gasteiger partial charge on any atom is 0.222 e. The third-order valence-corrected chi connectivity index (χ3v) is 7.30. The lowest BCUT2D eigenvalue weighted by molar-refractivity contribution is -0.136. The zero-order valence-corrected chi connectivity index (χ0v) is 19.9. The minimum Gasteiger partial charge on any atom is -0.350 e. The molecule has 2 aliphatic rings. The van der Waals surface area contributed by atoms with E-state index in [2.05, 4.69) is 49.5 Å². The molecule has 5 heteroatoms. The van der Waals surface area contributed by atoms with Gasteiger partial charge in [-0.1, -0.05) is 56.3 Å². The van der Waals surface area contributed by atoms with Crippen molar-refractivity contribution in [1.82, 2.24) is 10.2 Å². The molecule has 4 rings (SSSR count). The summed E-state index contributed by atoms with van der Waals surface area (Å²) < 4.78 is 0. The summed E-state index contributed by atoms with van der Waals surface area (Å²) >= 11 is 0. The molecule has 33 heavy (non-hydrogen) atoms. The fourth-order valence-corrected chi connectivity index (χ4v) is 5.53. The van der Waals surface area contributed by atoms with Gasteiger partial charge >= 0.3 is 0 Å². The number of piperidine rings is 1. The number of likely N-dealkylation sites (tertiary alicyclic amines) is 1. The number of hydrogen-bond donors (Lipinski definition) is 1. The van der Waals surface area contributed by atoms with Crippen LogP contribution in [0.5, 0.6) is 0 Å². The highest BCUT2D eigenvalue weighted by atomic mass is 16.2. The lowest BCUT2D eigenvalue weighted by atomic mass is 9.83. The average Bonchev–Trinajstić information content (AvgIpc) is 3.18. The van der Waals surface area contributed by atoms with Crippen LogP contribution in [-0.4, -0.2) is 41.1 Å². The van der Waals surface area contributed by atoms with E-state index in [0.29, 0.717) is 38.1 Å². The van der Waals surface area contributed by atoms with Crippen LogP contribution in [0.25, 0.3) is 10.8 Å². The predicted octanol–water partition coefficient (Wildman–Crippen LogP) is 4.67. The zero-order valence-electron chi connectivity index (χ0n) is 19.9. The molecule has 0 saturated carbocycles. The quantitative estimate of drug-likeness (QED) is 0.638. The van der Waals surface area contributed by atoms with Gasteiger partial charge in [0.05, 0.1) is 0 Å². The van der Waals surface area contributed by atoms with E-state index in [9.17, 15) is 14.4 Å². The maximum absolute atomic E-state index is 13.1. The van der Waals surface area contributed by atoms with Crippen molar-refractivity contribution in [3.05, 3.63) is 48.0 Å². The Morgan fingerprint density at radius 2 is 1.94 bits per heavy atom. The van der Waals surface area contributed by atoms with E-state index >= 15 is 0 Å². The van der Waals surface area contributed by atoms with E-state index in [1.807, 2.05) is 17.0 Å². The van der Waals surface area contributed by atoms with E-state index in [-0.39, 0.29) is 29.1 Å². The molecular weight excluding hydrogens is 412 g/mol. The topological polar surface area (TPSA) is 66.5 Å². The molecule has 2 aliphatic heterocycles. The monoisotopic (exact) mass is 448 g/mol.